The Morgan fingerprint density at radius 3 is 2.56 bits per heavy atom. The number of fused-ring (bicyclic) bond motifs is 1. The van der Waals surface area contributed by atoms with Crippen LogP contribution in [-0.4, -0.2) is 24.7 Å². The second-order valence-electron chi connectivity index (χ2n) is 7.54. The Kier molecular flexibility index (Phi) is 5.44. The van der Waals surface area contributed by atoms with Crippen molar-refractivity contribution < 1.29 is 0 Å². The van der Waals surface area contributed by atoms with E-state index < -0.39 is 0 Å². The summed E-state index contributed by atoms with van der Waals surface area (Å²) in [5.74, 6) is 0. The number of anilines is 1. The van der Waals surface area contributed by atoms with Crippen LogP contribution in [0.2, 0.25) is 0 Å². The first kappa shape index (κ1) is 20.0. The Morgan fingerprint density at radius 2 is 1.72 bits per heavy atom. The van der Waals surface area contributed by atoms with E-state index in [9.17, 15) is 0 Å². The maximum absolute atomic E-state index is 5.60. The molecule has 156 valence electrons. The zero-order valence-electron chi connectivity index (χ0n) is 17.6. The molecule has 0 aliphatic carbocycles. The zero-order chi connectivity index (χ0) is 21.9. The Labute approximate surface area is 191 Å². The van der Waals surface area contributed by atoms with E-state index >= 15 is 0 Å². The molecule has 0 saturated carbocycles. The molecular weight excluding hydrogens is 414 g/mol. The Bertz CT molecular complexity index is 1400. The van der Waals surface area contributed by atoms with E-state index in [1.807, 2.05) is 96.8 Å². The number of benzene rings is 2. The molecule has 0 radical (unpaired) electrons. The fourth-order valence-corrected chi connectivity index (χ4v) is 4.01. The van der Waals surface area contributed by atoms with Gasteiger partial charge in [-0.15, -0.1) is 0 Å². The van der Waals surface area contributed by atoms with E-state index in [0.29, 0.717) is 11.5 Å². The Morgan fingerprint density at radius 1 is 0.906 bits per heavy atom. The van der Waals surface area contributed by atoms with Crippen molar-refractivity contribution in [3.05, 3.63) is 97.0 Å². The average molecular weight is 436 g/mol. The van der Waals surface area contributed by atoms with Crippen LogP contribution in [0.5, 0.6) is 0 Å². The molecule has 0 bridgehead atoms. The van der Waals surface area contributed by atoms with Gasteiger partial charge in [-0.05, 0) is 48.9 Å². The van der Waals surface area contributed by atoms with Crippen LogP contribution in [0.3, 0.4) is 0 Å². The van der Waals surface area contributed by atoms with Gasteiger partial charge in [0.1, 0.15) is 10.7 Å². The molecule has 6 heteroatoms. The van der Waals surface area contributed by atoms with E-state index in [4.69, 9.17) is 22.3 Å². The van der Waals surface area contributed by atoms with E-state index in [2.05, 4.69) is 16.4 Å². The number of pyridine rings is 2. The summed E-state index contributed by atoms with van der Waals surface area (Å²) in [7, 11) is 0. The topological polar surface area (TPSA) is 55.6 Å². The smallest absolute Gasteiger partial charge is 0.119 e. The minimum Gasteiger partial charge on any atom is -0.348 e. The van der Waals surface area contributed by atoms with Crippen LogP contribution < -0.4 is 5.32 Å². The minimum atomic E-state index is 0.464. The fourth-order valence-electron chi connectivity index (χ4n) is 3.76. The lowest BCUT2D eigenvalue weighted by Gasteiger charge is -2.07. The number of nitrogens with zero attached hydrogens (tertiary/aromatic N) is 4. The van der Waals surface area contributed by atoms with E-state index in [0.717, 1.165) is 44.8 Å². The molecule has 5 nitrogen and oxygen atoms in total. The third-order valence-electron chi connectivity index (χ3n) is 5.19. The highest BCUT2D eigenvalue weighted by molar-refractivity contribution is 7.80. The molecule has 5 rings (SSSR count). The summed E-state index contributed by atoms with van der Waals surface area (Å²) in [5, 5.41) is 9.25. The maximum atomic E-state index is 5.60. The monoisotopic (exact) mass is 435 g/mol. The summed E-state index contributed by atoms with van der Waals surface area (Å²) in [6, 6.07) is 26.1. The number of hydrogen-bond acceptors (Lipinski definition) is 4. The number of hydrogen-bond donors (Lipinski definition) is 1. The molecule has 0 atom stereocenters. The molecule has 0 spiro atoms. The molecule has 2 aromatic carbocycles. The minimum absolute atomic E-state index is 0.464. The molecule has 1 N–H and O–H groups in total. The van der Waals surface area contributed by atoms with Crippen LogP contribution in [0.4, 0.5) is 5.69 Å². The van der Waals surface area contributed by atoms with Crippen molar-refractivity contribution >= 4 is 33.8 Å². The average Bonchev–Trinajstić information content (AvgIpc) is 3.22. The van der Waals surface area contributed by atoms with Crippen molar-refractivity contribution in [2.24, 2.45) is 0 Å². The molecule has 32 heavy (non-hydrogen) atoms. The van der Waals surface area contributed by atoms with Gasteiger partial charge in [0, 0.05) is 34.7 Å². The van der Waals surface area contributed by atoms with Gasteiger partial charge in [-0.25, -0.2) is 0 Å². The first-order valence-corrected chi connectivity index (χ1v) is 10.8. The molecular formula is C26H21N5S. The van der Waals surface area contributed by atoms with Crippen molar-refractivity contribution in [3.63, 3.8) is 0 Å². The maximum Gasteiger partial charge on any atom is 0.119 e. The summed E-state index contributed by atoms with van der Waals surface area (Å²) >= 11 is 5.60. The van der Waals surface area contributed by atoms with Crippen LogP contribution >= 0.6 is 12.2 Å². The molecule has 3 heterocycles. The highest BCUT2D eigenvalue weighted by atomic mass is 32.1. The number of thiocarbonyl (C=S) groups is 1. The summed E-state index contributed by atoms with van der Waals surface area (Å²) in [5.41, 5.74) is 6.59. The largest absolute Gasteiger partial charge is 0.348 e. The first-order chi connectivity index (χ1) is 15.7. The lowest BCUT2D eigenvalue weighted by Crippen LogP contribution is -2.17. The highest BCUT2D eigenvalue weighted by Crippen LogP contribution is 2.34. The summed E-state index contributed by atoms with van der Waals surface area (Å²) in [6.07, 6.45) is 3.88. The quantitative estimate of drug-likeness (QED) is 0.348. The van der Waals surface area contributed by atoms with Crippen molar-refractivity contribution in [3.8, 4) is 22.5 Å². The standard InChI is InChI=1S/C26H21N5S/c1-18-8-7-13-24(28-18)26-22(20-14-15-27-23-12-6-5-11-21(20)23)16-31(30-26)17-25(32)29-19-9-3-2-4-10-19/h2-16H,17H2,1H3,(H,29,32). The predicted molar refractivity (Wildman–Crippen MR) is 134 cm³/mol. The van der Waals surface area contributed by atoms with Crippen molar-refractivity contribution in [1.82, 2.24) is 19.7 Å². The molecule has 5 aromatic rings. The number of nitrogens with one attached hydrogen (secondary N) is 1. The van der Waals surface area contributed by atoms with Gasteiger partial charge >= 0.3 is 0 Å². The van der Waals surface area contributed by atoms with Crippen molar-refractivity contribution in [2.45, 2.75) is 13.5 Å². The van der Waals surface area contributed by atoms with Gasteiger partial charge in [-0.2, -0.15) is 5.10 Å². The third-order valence-corrected chi connectivity index (χ3v) is 5.43. The van der Waals surface area contributed by atoms with E-state index in [1.54, 1.807) is 0 Å². The Balaban J connectivity index is 1.57. The molecule has 0 unspecified atom stereocenters. The molecule has 0 saturated heterocycles. The highest BCUT2D eigenvalue weighted by Gasteiger charge is 2.17. The van der Waals surface area contributed by atoms with Crippen LogP contribution in [0.1, 0.15) is 5.69 Å². The first-order valence-electron chi connectivity index (χ1n) is 10.4. The SMILES string of the molecule is Cc1cccc(-c2nn(CC(=S)Nc3ccccc3)cc2-c2ccnc3ccccc23)n1. The van der Waals surface area contributed by atoms with Gasteiger partial charge in [-0.1, -0.05) is 54.7 Å². The van der Waals surface area contributed by atoms with E-state index in [1.165, 1.54) is 0 Å². The molecule has 0 amide bonds. The summed E-state index contributed by atoms with van der Waals surface area (Å²) < 4.78 is 1.88. The third kappa shape index (κ3) is 4.13. The van der Waals surface area contributed by atoms with Crippen LogP contribution in [-0.2, 0) is 6.54 Å². The van der Waals surface area contributed by atoms with Crippen LogP contribution in [0.25, 0.3) is 33.4 Å². The Hall–Kier alpha value is -3.90. The van der Waals surface area contributed by atoms with Gasteiger partial charge in [0.2, 0.25) is 0 Å². The predicted octanol–water partition coefficient (Wildman–Crippen LogP) is 5.91. The normalized spacial score (nSPS) is 10.9. The second kappa shape index (κ2) is 8.69. The number of aromatic nitrogens is 4. The van der Waals surface area contributed by atoms with Crippen LogP contribution in [0, 0.1) is 6.92 Å². The number of rotatable bonds is 5. The molecule has 3 aromatic heterocycles. The van der Waals surface area contributed by atoms with Crippen molar-refractivity contribution in [1.29, 1.82) is 0 Å². The lowest BCUT2D eigenvalue weighted by atomic mass is 10.0. The summed E-state index contributed by atoms with van der Waals surface area (Å²) in [6.45, 7) is 2.45. The van der Waals surface area contributed by atoms with E-state index in [-0.39, 0.29) is 0 Å². The molecule has 0 aliphatic heterocycles. The second-order valence-corrected chi connectivity index (χ2v) is 8.04. The lowest BCUT2D eigenvalue weighted by molar-refractivity contribution is 0.730. The van der Waals surface area contributed by atoms with Gasteiger partial charge < -0.3 is 5.32 Å². The number of para-hydroxylation sites is 2. The fraction of sp³-hybridized carbons (Fsp3) is 0.0769. The zero-order valence-corrected chi connectivity index (χ0v) is 18.4. The molecule has 0 aliphatic rings. The van der Waals surface area contributed by atoms with Crippen molar-refractivity contribution in [2.75, 3.05) is 5.32 Å². The number of aryl methyl sites for hydroxylation is 1. The van der Waals surface area contributed by atoms with Gasteiger partial charge in [0.25, 0.3) is 0 Å². The van der Waals surface area contributed by atoms with Gasteiger partial charge in [0.15, 0.2) is 0 Å². The van der Waals surface area contributed by atoms with Crippen LogP contribution in [0.15, 0.2) is 91.3 Å². The van der Waals surface area contributed by atoms with Gasteiger partial charge in [-0.3, -0.25) is 14.6 Å². The molecule has 0 fully saturated rings. The van der Waals surface area contributed by atoms with Gasteiger partial charge in [0.05, 0.1) is 17.8 Å². The summed E-state index contributed by atoms with van der Waals surface area (Å²) in [4.78, 5) is 9.93.